The molecule has 144 valence electrons. The van der Waals surface area contributed by atoms with E-state index in [2.05, 4.69) is 0 Å². The lowest BCUT2D eigenvalue weighted by Gasteiger charge is -2.29. The first-order valence-corrected chi connectivity index (χ1v) is 10.1. The molecule has 7 nitrogen and oxygen atoms in total. The number of carbonyl (C=O) groups is 2. The normalized spacial score (nSPS) is 19.6. The second-order valence-corrected chi connectivity index (χ2v) is 8.31. The Morgan fingerprint density at radius 3 is 2.58 bits per heavy atom. The van der Waals surface area contributed by atoms with Crippen LogP contribution in [-0.4, -0.2) is 62.5 Å². The number of rotatable bonds is 6. The van der Waals surface area contributed by atoms with Crippen LogP contribution in [0.5, 0.6) is 5.75 Å². The van der Waals surface area contributed by atoms with Crippen molar-refractivity contribution in [3.8, 4) is 5.75 Å². The molecule has 0 saturated carbocycles. The zero-order valence-electron chi connectivity index (χ0n) is 14.9. The van der Waals surface area contributed by atoms with Gasteiger partial charge in [-0.15, -0.1) is 0 Å². The fourth-order valence-electron chi connectivity index (χ4n) is 2.92. The molecule has 26 heavy (non-hydrogen) atoms. The van der Waals surface area contributed by atoms with E-state index in [-0.39, 0.29) is 22.8 Å². The van der Waals surface area contributed by atoms with Crippen molar-refractivity contribution in [2.24, 2.45) is 0 Å². The zero-order valence-corrected chi connectivity index (χ0v) is 15.7. The second kappa shape index (κ2) is 8.03. The molecule has 1 fully saturated rings. The molecule has 0 N–H and O–H groups in total. The highest BCUT2D eigenvalue weighted by Crippen LogP contribution is 2.21. The van der Waals surface area contributed by atoms with Crippen molar-refractivity contribution < 1.29 is 31.9 Å². The highest BCUT2D eigenvalue weighted by atomic mass is 32.2. The quantitative estimate of drug-likeness (QED) is 0.686. The van der Waals surface area contributed by atoms with E-state index in [1.165, 1.54) is 31.1 Å². The molecular weight excluding hydrogens is 365 g/mol. The van der Waals surface area contributed by atoms with Gasteiger partial charge >= 0.3 is 5.97 Å². The van der Waals surface area contributed by atoms with Crippen molar-refractivity contribution in [2.75, 3.05) is 25.2 Å². The van der Waals surface area contributed by atoms with Crippen molar-refractivity contribution in [1.29, 1.82) is 0 Å². The van der Waals surface area contributed by atoms with Crippen LogP contribution in [0.3, 0.4) is 0 Å². The molecule has 1 aromatic carbocycles. The summed E-state index contributed by atoms with van der Waals surface area (Å²) in [5.41, 5.74) is -0.0468. The summed E-state index contributed by atoms with van der Waals surface area (Å²) < 4.78 is 46.9. The van der Waals surface area contributed by atoms with Crippen LogP contribution in [0.1, 0.15) is 30.6 Å². The fourth-order valence-corrected chi connectivity index (χ4v) is 4.65. The van der Waals surface area contributed by atoms with Gasteiger partial charge in [-0.1, -0.05) is 0 Å². The SMILES string of the molecule is CCN(C(=O)[C@H](C)OC(=O)c1ccc(OC)c(F)c1)[C@@H]1CCS(=O)(=O)C1. The van der Waals surface area contributed by atoms with Crippen LogP contribution in [0.2, 0.25) is 0 Å². The maximum atomic E-state index is 13.7. The number of methoxy groups -OCH3 is 1. The van der Waals surface area contributed by atoms with E-state index in [9.17, 15) is 22.4 Å². The predicted octanol–water partition coefficient (Wildman–Crippen LogP) is 1.42. The number of hydrogen-bond acceptors (Lipinski definition) is 6. The maximum absolute atomic E-state index is 13.7. The Hall–Kier alpha value is -2.16. The van der Waals surface area contributed by atoms with Crippen molar-refractivity contribution >= 4 is 21.7 Å². The zero-order chi connectivity index (χ0) is 19.5. The first-order chi connectivity index (χ1) is 12.2. The van der Waals surface area contributed by atoms with Crippen molar-refractivity contribution in [2.45, 2.75) is 32.4 Å². The molecule has 0 bridgehead atoms. The number of esters is 1. The predicted molar refractivity (Wildman–Crippen MR) is 92.3 cm³/mol. The lowest BCUT2D eigenvalue weighted by molar-refractivity contribution is -0.141. The summed E-state index contributed by atoms with van der Waals surface area (Å²) in [6, 6.07) is 3.18. The van der Waals surface area contributed by atoms with Crippen LogP contribution in [0, 0.1) is 5.82 Å². The Kier molecular flexibility index (Phi) is 6.22. The van der Waals surface area contributed by atoms with Gasteiger partial charge in [0, 0.05) is 12.6 Å². The molecule has 0 unspecified atom stereocenters. The number of amides is 1. The molecule has 1 aliphatic heterocycles. The molecule has 1 aromatic rings. The first-order valence-electron chi connectivity index (χ1n) is 8.24. The van der Waals surface area contributed by atoms with Gasteiger partial charge in [0.05, 0.1) is 24.2 Å². The molecule has 1 aliphatic rings. The summed E-state index contributed by atoms with van der Waals surface area (Å²) >= 11 is 0. The molecule has 1 heterocycles. The van der Waals surface area contributed by atoms with Gasteiger partial charge in [0.15, 0.2) is 27.5 Å². The van der Waals surface area contributed by atoms with E-state index in [0.29, 0.717) is 13.0 Å². The van der Waals surface area contributed by atoms with Gasteiger partial charge in [0.2, 0.25) is 0 Å². The number of nitrogens with zero attached hydrogens (tertiary/aromatic N) is 1. The summed E-state index contributed by atoms with van der Waals surface area (Å²) in [5.74, 6) is -2.09. The van der Waals surface area contributed by atoms with E-state index < -0.39 is 39.7 Å². The van der Waals surface area contributed by atoms with E-state index >= 15 is 0 Å². The number of carbonyl (C=O) groups excluding carboxylic acids is 2. The Morgan fingerprint density at radius 2 is 2.08 bits per heavy atom. The van der Waals surface area contributed by atoms with Gasteiger partial charge in [-0.2, -0.15) is 0 Å². The number of ether oxygens (including phenoxy) is 2. The molecule has 1 saturated heterocycles. The van der Waals surface area contributed by atoms with Crippen LogP contribution in [0.4, 0.5) is 4.39 Å². The molecule has 1 amide bonds. The lowest BCUT2D eigenvalue weighted by Crippen LogP contribution is -2.46. The first kappa shape index (κ1) is 20.2. The smallest absolute Gasteiger partial charge is 0.339 e. The van der Waals surface area contributed by atoms with E-state index in [1.54, 1.807) is 6.92 Å². The van der Waals surface area contributed by atoms with Crippen molar-refractivity contribution in [1.82, 2.24) is 4.90 Å². The minimum atomic E-state index is -3.14. The lowest BCUT2D eigenvalue weighted by atomic mass is 10.2. The minimum absolute atomic E-state index is 0.00900. The Bertz CT molecular complexity index is 794. The van der Waals surface area contributed by atoms with Gasteiger partial charge in [0.1, 0.15) is 0 Å². The summed E-state index contributed by atoms with van der Waals surface area (Å²) in [7, 11) is -1.84. The maximum Gasteiger partial charge on any atom is 0.339 e. The Labute approximate surface area is 152 Å². The van der Waals surface area contributed by atoms with Crippen molar-refractivity contribution in [3.05, 3.63) is 29.6 Å². The largest absolute Gasteiger partial charge is 0.494 e. The van der Waals surface area contributed by atoms with E-state index in [4.69, 9.17) is 9.47 Å². The number of benzene rings is 1. The molecular formula is C17H22FNO6S. The molecule has 0 aromatic heterocycles. The number of likely N-dealkylation sites (N-methyl/N-ethyl adjacent to an activating group) is 1. The third-order valence-corrected chi connectivity index (χ3v) is 6.04. The number of sulfone groups is 1. The topological polar surface area (TPSA) is 90.0 Å². The highest BCUT2D eigenvalue weighted by molar-refractivity contribution is 7.91. The van der Waals surface area contributed by atoms with Crippen LogP contribution in [0.15, 0.2) is 18.2 Å². The summed E-state index contributed by atoms with van der Waals surface area (Å²) in [6.45, 7) is 3.44. The third kappa shape index (κ3) is 4.51. The molecule has 2 rings (SSSR count). The average molecular weight is 387 g/mol. The summed E-state index contributed by atoms with van der Waals surface area (Å²) in [5, 5.41) is 0. The van der Waals surface area contributed by atoms with Gasteiger partial charge in [0.25, 0.3) is 5.91 Å². The van der Waals surface area contributed by atoms with E-state index in [1.807, 2.05) is 0 Å². The number of halogens is 1. The standard InChI is InChI=1S/C17H22FNO6S/c1-4-19(13-7-8-26(22,23)10-13)16(20)11(2)25-17(21)12-5-6-15(24-3)14(18)9-12/h5-6,9,11,13H,4,7-8,10H2,1-3H3/t11-,13+/m0/s1. The monoisotopic (exact) mass is 387 g/mol. The Morgan fingerprint density at radius 1 is 1.38 bits per heavy atom. The summed E-state index contributed by atoms with van der Waals surface area (Å²) in [6.07, 6.45) is -0.748. The average Bonchev–Trinajstić information content (AvgIpc) is 2.94. The summed E-state index contributed by atoms with van der Waals surface area (Å²) in [4.78, 5) is 26.1. The van der Waals surface area contributed by atoms with Crippen LogP contribution < -0.4 is 4.74 Å². The molecule has 2 atom stereocenters. The highest BCUT2D eigenvalue weighted by Gasteiger charge is 2.36. The number of hydrogen-bond donors (Lipinski definition) is 0. The van der Waals surface area contributed by atoms with Crippen LogP contribution in [0.25, 0.3) is 0 Å². The molecule has 0 radical (unpaired) electrons. The molecule has 0 spiro atoms. The molecule has 0 aliphatic carbocycles. The Balaban J connectivity index is 2.05. The van der Waals surface area contributed by atoms with Crippen LogP contribution >= 0.6 is 0 Å². The second-order valence-electron chi connectivity index (χ2n) is 6.08. The fraction of sp³-hybridized carbons (Fsp3) is 0.529. The van der Waals surface area contributed by atoms with Crippen molar-refractivity contribution in [3.63, 3.8) is 0 Å². The van der Waals surface area contributed by atoms with E-state index in [0.717, 1.165) is 6.07 Å². The van der Waals surface area contributed by atoms with Gasteiger partial charge in [-0.05, 0) is 38.5 Å². The van der Waals surface area contributed by atoms with Crippen LogP contribution in [-0.2, 0) is 19.4 Å². The molecule has 9 heteroatoms. The van der Waals surface area contributed by atoms with Gasteiger partial charge in [-0.25, -0.2) is 17.6 Å². The van der Waals surface area contributed by atoms with Gasteiger partial charge in [-0.3, -0.25) is 4.79 Å². The minimum Gasteiger partial charge on any atom is -0.494 e. The third-order valence-electron chi connectivity index (χ3n) is 4.29. The van der Waals surface area contributed by atoms with Gasteiger partial charge < -0.3 is 14.4 Å².